The Labute approximate surface area is 114 Å². The van der Waals surface area contributed by atoms with Crippen LogP contribution in [0.15, 0.2) is 30.3 Å². The molecule has 1 aromatic carbocycles. The SMILES string of the molecule is CSN1CC2(CCN(Cc3ccccc3)CC2)C1. The van der Waals surface area contributed by atoms with E-state index in [1.807, 2.05) is 11.9 Å². The van der Waals surface area contributed by atoms with Gasteiger partial charge in [-0.2, -0.15) is 0 Å². The van der Waals surface area contributed by atoms with Gasteiger partial charge in [0.05, 0.1) is 0 Å². The van der Waals surface area contributed by atoms with Crippen LogP contribution in [-0.2, 0) is 6.54 Å². The van der Waals surface area contributed by atoms with Crippen LogP contribution >= 0.6 is 11.9 Å². The number of hydrogen-bond donors (Lipinski definition) is 0. The fourth-order valence-electron chi connectivity index (χ4n) is 3.17. The van der Waals surface area contributed by atoms with Crippen molar-refractivity contribution in [2.75, 3.05) is 32.4 Å². The number of hydrogen-bond acceptors (Lipinski definition) is 3. The van der Waals surface area contributed by atoms with Crippen molar-refractivity contribution in [3.63, 3.8) is 0 Å². The first-order valence-electron chi connectivity index (χ1n) is 6.85. The Balaban J connectivity index is 1.49. The second-order valence-electron chi connectivity index (χ2n) is 5.74. The predicted molar refractivity (Wildman–Crippen MR) is 78.5 cm³/mol. The molecule has 2 saturated heterocycles. The van der Waals surface area contributed by atoms with Crippen molar-refractivity contribution in [2.24, 2.45) is 5.41 Å². The first-order chi connectivity index (χ1) is 8.80. The Kier molecular flexibility index (Phi) is 3.64. The molecule has 18 heavy (non-hydrogen) atoms. The molecule has 1 spiro atoms. The Morgan fingerprint density at radius 2 is 1.78 bits per heavy atom. The lowest BCUT2D eigenvalue weighted by Gasteiger charge is -2.53. The number of nitrogens with zero attached hydrogens (tertiary/aromatic N) is 2. The van der Waals surface area contributed by atoms with Gasteiger partial charge < -0.3 is 0 Å². The summed E-state index contributed by atoms with van der Waals surface area (Å²) in [6.07, 6.45) is 4.96. The van der Waals surface area contributed by atoms with E-state index in [4.69, 9.17) is 0 Å². The molecule has 2 fully saturated rings. The molecule has 2 heterocycles. The van der Waals surface area contributed by atoms with E-state index in [-0.39, 0.29) is 0 Å². The molecule has 3 heteroatoms. The molecule has 3 rings (SSSR count). The zero-order valence-electron chi connectivity index (χ0n) is 11.1. The van der Waals surface area contributed by atoms with Gasteiger partial charge >= 0.3 is 0 Å². The highest BCUT2D eigenvalue weighted by atomic mass is 32.2. The predicted octanol–water partition coefficient (Wildman–Crippen LogP) is 2.86. The summed E-state index contributed by atoms with van der Waals surface area (Å²) in [5.74, 6) is 0. The van der Waals surface area contributed by atoms with Crippen LogP contribution in [0, 0.1) is 5.41 Å². The van der Waals surface area contributed by atoms with Gasteiger partial charge in [0.1, 0.15) is 0 Å². The van der Waals surface area contributed by atoms with E-state index < -0.39 is 0 Å². The molecule has 2 nitrogen and oxygen atoms in total. The van der Waals surface area contributed by atoms with Gasteiger partial charge in [0.15, 0.2) is 0 Å². The molecule has 2 aliphatic rings. The van der Waals surface area contributed by atoms with Gasteiger partial charge in [0.25, 0.3) is 0 Å². The van der Waals surface area contributed by atoms with Crippen molar-refractivity contribution in [3.8, 4) is 0 Å². The van der Waals surface area contributed by atoms with Crippen molar-refractivity contribution in [1.82, 2.24) is 9.21 Å². The minimum atomic E-state index is 0.663. The van der Waals surface area contributed by atoms with Crippen LogP contribution in [0.3, 0.4) is 0 Å². The molecule has 0 amide bonds. The van der Waals surface area contributed by atoms with E-state index in [2.05, 4.69) is 45.8 Å². The summed E-state index contributed by atoms with van der Waals surface area (Å²) in [6.45, 7) is 6.30. The van der Waals surface area contributed by atoms with Crippen molar-refractivity contribution >= 4 is 11.9 Å². The fourth-order valence-corrected chi connectivity index (χ4v) is 3.98. The Bertz CT molecular complexity index is 377. The molecule has 1 aromatic rings. The molecule has 0 atom stereocenters. The third-order valence-corrected chi connectivity index (χ3v) is 5.22. The molecule has 0 N–H and O–H groups in total. The van der Waals surface area contributed by atoms with Gasteiger partial charge in [-0.25, -0.2) is 4.31 Å². The van der Waals surface area contributed by atoms with E-state index in [9.17, 15) is 0 Å². The number of likely N-dealkylation sites (tertiary alicyclic amines) is 1. The van der Waals surface area contributed by atoms with Crippen LogP contribution in [-0.4, -0.2) is 41.6 Å². The number of benzene rings is 1. The van der Waals surface area contributed by atoms with E-state index in [1.165, 1.54) is 44.6 Å². The maximum absolute atomic E-state index is 2.61. The monoisotopic (exact) mass is 262 g/mol. The zero-order valence-corrected chi connectivity index (χ0v) is 12.0. The minimum Gasteiger partial charge on any atom is -0.299 e. The van der Waals surface area contributed by atoms with Crippen LogP contribution in [0.1, 0.15) is 18.4 Å². The third kappa shape index (κ3) is 2.58. The lowest BCUT2D eigenvalue weighted by atomic mass is 9.73. The van der Waals surface area contributed by atoms with Crippen molar-refractivity contribution in [3.05, 3.63) is 35.9 Å². The van der Waals surface area contributed by atoms with Gasteiger partial charge in [-0.1, -0.05) is 42.3 Å². The zero-order chi connectivity index (χ0) is 12.4. The lowest BCUT2D eigenvalue weighted by molar-refractivity contribution is 0.00429. The van der Waals surface area contributed by atoms with Crippen molar-refractivity contribution < 1.29 is 0 Å². The second kappa shape index (κ2) is 5.24. The minimum absolute atomic E-state index is 0.663. The van der Waals surface area contributed by atoms with Gasteiger partial charge in [0.2, 0.25) is 0 Å². The number of rotatable bonds is 3. The van der Waals surface area contributed by atoms with E-state index >= 15 is 0 Å². The average molecular weight is 262 g/mol. The molecular formula is C15H22N2S. The van der Waals surface area contributed by atoms with Crippen LogP contribution in [0.5, 0.6) is 0 Å². The summed E-state index contributed by atoms with van der Waals surface area (Å²) in [5, 5.41) is 0. The molecule has 98 valence electrons. The highest BCUT2D eigenvalue weighted by Gasteiger charge is 2.44. The molecule has 0 bridgehead atoms. The smallest absolute Gasteiger partial charge is 0.0233 e. The van der Waals surface area contributed by atoms with Crippen LogP contribution in [0.4, 0.5) is 0 Å². The lowest BCUT2D eigenvalue weighted by Crippen LogP contribution is -2.57. The summed E-state index contributed by atoms with van der Waals surface area (Å²) in [7, 11) is 0. The summed E-state index contributed by atoms with van der Waals surface area (Å²) < 4.78 is 2.49. The van der Waals surface area contributed by atoms with Gasteiger partial charge in [-0.3, -0.25) is 4.90 Å². The molecular weight excluding hydrogens is 240 g/mol. The summed E-state index contributed by atoms with van der Waals surface area (Å²) in [6, 6.07) is 10.9. The molecule has 0 saturated carbocycles. The van der Waals surface area contributed by atoms with E-state index in [0.29, 0.717) is 5.41 Å². The van der Waals surface area contributed by atoms with Gasteiger partial charge in [-0.15, -0.1) is 0 Å². The Morgan fingerprint density at radius 1 is 1.11 bits per heavy atom. The Hall–Kier alpha value is -0.510. The van der Waals surface area contributed by atoms with Gasteiger partial charge in [0, 0.05) is 25.0 Å². The normalized spacial score (nSPS) is 24.1. The summed E-state index contributed by atoms with van der Waals surface area (Å²) in [5.41, 5.74) is 2.11. The quantitative estimate of drug-likeness (QED) is 0.774. The average Bonchev–Trinajstić information content (AvgIpc) is 2.38. The van der Waals surface area contributed by atoms with E-state index in [1.54, 1.807) is 0 Å². The van der Waals surface area contributed by atoms with Gasteiger partial charge in [-0.05, 0) is 37.8 Å². The summed E-state index contributed by atoms with van der Waals surface area (Å²) in [4.78, 5) is 2.61. The second-order valence-corrected chi connectivity index (χ2v) is 6.62. The highest BCUT2D eigenvalue weighted by molar-refractivity contribution is 7.96. The van der Waals surface area contributed by atoms with Crippen molar-refractivity contribution in [2.45, 2.75) is 19.4 Å². The van der Waals surface area contributed by atoms with Crippen molar-refractivity contribution in [1.29, 1.82) is 0 Å². The largest absolute Gasteiger partial charge is 0.299 e. The maximum Gasteiger partial charge on any atom is 0.0233 e. The molecule has 0 unspecified atom stereocenters. The maximum atomic E-state index is 2.61. The highest BCUT2D eigenvalue weighted by Crippen LogP contribution is 2.42. The van der Waals surface area contributed by atoms with Crippen LogP contribution in [0.25, 0.3) is 0 Å². The summed E-state index contributed by atoms with van der Waals surface area (Å²) >= 11 is 1.90. The molecule has 0 aliphatic carbocycles. The third-order valence-electron chi connectivity index (χ3n) is 4.45. The molecule has 0 radical (unpaired) electrons. The topological polar surface area (TPSA) is 6.48 Å². The number of piperidine rings is 1. The van der Waals surface area contributed by atoms with E-state index in [0.717, 1.165) is 6.54 Å². The van der Waals surface area contributed by atoms with Crippen LogP contribution < -0.4 is 0 Å². The fraction of sp³-hybridized carbons (Fsp3) is 0.600. The molecule has 2 aliphatic heterocycles. The standard InChI is InChI=1S/C15H22N2S/c1-18-17-12-15(13-17)7-9-16(10-8-15)11-14-5-3-2-4-6-14/h2-6H,7-13H2,1H3. The van der Waals surface area contributed by atoms with Crippen LogP contribution in [0.2, 0.25) is 0 Å². The first-order valence-corrected chi connectivity index (χ1v) is 8.03. The first kappa shape index (κ1) is 12.5. The molecule has 0 aromatic heterocycles. The Morgan fingerprint density at radius 3 is 2.39 bits per heavy atom.